The molecule has 0 radical (unpaired) electrons. The Bertz CT molecular complexity index is 1150. The molecule has 108 valence electrons. The zero-order valence-electron chi connectivity index (χ0n) is 12.5. The van der Waals surface area contributed by atoms with E-state index in [4.69, 9.17) is 0 Å². The predicted octanol–water partition coefficient (Wildman–Crippen LogP) is 5.33. The minimum Gasteiger partial charge on any atom is -0.309 e. The molecule has 0 aliphatic heterocycles. The van der Waals surface area contributed by atoms with Crippen molar-refractivity contribution < 1.29 is 0 Å². The van der Waals surface area contributed by atoms with E-state index < -0.39 is 0 Å². The molecule has 2 nitrogen and oxygen atoms in total. The molecule has 0 bridgehead atoms. The summed E-state index contributed by atoms with van der Waals surface area (Å²) in [6.45, 7) is 0. The van der Waals surface area contributed by atoms with Crippen molar-refractivity contribution in [2.24, 2.45) is 0 Å². The third-order valence-electron chi connectivity index (χ3n) is 4.43. The molecule has 23 heavy (non-hydrogen) atoms. The largest absolute Gasteiger partial charge is 0.309 e. The van der Waals surface area contributed by atoms with Crippen molar-refractivity contribution in [3.05, 3.63) is 85.1 Å². The number of benzene rings is 3. The average molecular weight is 294 g/mol. The van der Waals surface area contributed by atoms with E-state index >= 15 is 0 Å². The van der Waals surface area contributed by atoms with Crippen LogP contribution in [0, 0.1) is 0 Å². The fourth-order valence-corrected chi connectivity index (χ4v) is 3.46. The van der Waals surface area contributed by atoms with Crippen LogP contribution in [0.3, 0.4) is 0 Å². The first kappa shape index (κ1) is 12.4. The van der Waals surface area contributed by atoms with E-state index in [1.165, 1.54) is 32.9 Å². The van der Waals surface area contributed by atoms with Crippen molar-refractivity contribution in [3.63, 3.8) is 0 Å². The lowest BCUT2D eigenvalue weighted by molar-refractivity contribution is 1.19. The van der Waals surface area contributed by atoms with Crippen LogP contribution < -0.4 is 0 Å². The molecule has 0 fully saturated rings. The SMILES string of the molecule is c1ccc(-n2c3ccccc3c3ccc4ncccc4c32)cc1. The molecule has 5 rings (SSSR count). The Labute approximate surface area is 133 Å². The van der Waals surface area contributed by atoms with Crippen molar-refractivity contribution in [2.75, 3.05) is 0 Å². The molecule has 3 aromatic carbocycles. The molecule has 2 heterocycles. The number of pyridine rings is 1. The molecule has 0 amide bonds. The van der Waals surface area contributed by atoms with Gasteiger partial charge in [-0.2, -0.15) is 0 Å². The summed E-state index contributed by atoms with van der Waals surface area (Å²) in [4.78, 5) is 4.52. The Morgan fingerprint density at radius 3 is 2.30 bits per heavy atom. The maximum atomic E-state index is 4.52. The number of fused-ring (bicyclic) bond motifs is 5. The first-order chi connectivity index (χ1) is 11.4. The van der Waals surface area contributed by atoms with Gasteiger partial charge in [-0.25, -0.2) is 0 Å². The predicted molar refractivity (Wildman–Crippen MR) is 96.1 cm³/mol. The van der Waals surface area contributed by atoms with Crippen molar-refractivity contribution >= 4 is 32.7 Å². The number of para-hydroxylation sites is 2. The summed E-state index contributed by atoms with van der Waals surface area (Å²) >= 11 is 0. The van der Waals surface area contributed by atoms with Crippen LogP contribution in [0.5, 0.6) is 0 Å². The summed E-state index contributed by atoms with van der Waals surface area (Å²) in [7, 11) is 0. The van der Waals surface area contributed by atoms with Gasteiger partial charge in [0.1, 0.15) is 0 Å². The van der Waals surface area contributed by atoms with Gasteiger partial charge in [0, 0.05) is 28.0 Å². The van der Waals surface area contributed by atoms with Gasteiger partial charge in [0.15, 0.2) is 0 Å². The third-order valence-corrected chi connectivity index (χ3v) is 4.43. The number of rotatable bonds is 1. The smallest absolute Gasteiger partial charge is 0.0723 e. The van der Waals surface area contributed by atoms with E-state index in [-0.39, 0.29) is 0 Å². The molecule has 0 aliphatic rings. The zero-order chi connectivity index (χ0) is 15.2. The highest BCUT2D eigenvalue weighted by atomic mass is 15.0. The van der Waals surface area contributed by atoms with Gasteiger partial charge in [0.05, 0.1) is 16.6 Å². The van der Waals surface area contributed by atoms with Gasteiger partial charge in [-0.05, 0) is 36.4 Å². The van der Waals surface area contributed by atoms with Gasteiger partial charge >= 0.3 is 0 Å². The highest BCUT2D eigenvalue weighted by Crippen LogP contribution is 2.35. The number of aromatic nitrogens is 2. The standard InChI is InChI=1S/C21H14N2/c1-2-7-15(8-3-1)23-20-11-5-4-9-16(20)17-12-13-19-18(21(17)23)10-6-14-22-19/h1-14H. The van der Waals surface area contributed by atoms with Crippen molar-refractivity contribution in [2.45, 2.75) is 0 Å². The number of nitrogens with zero attached hydrogens (tertiary/aromatic N) is 2. The maximum absolute atomic E-state index is 4.52. The van der Waals surface area contributed by atoms with Crippen LogP contribution >= 0.6 is 0 Å². The molecule has 2 heteroatoms. The van der Waals surface area contributed by atoms with Gasteiger partial charge in [0.2, 0.25) is 0 Å². The lowest BCUT2D eigenvalue weighted by atomic mass is 10.1. The molecule has 0 atom stereocenters. The second-order valence-electron chi connectivity index (χ2n) is 5.72. The topological polar surface area (TPSA) is 17.8 Å². The first-order valence-corrected chi connectivity index (χ1v) is 7.76. The molecule has 0 N–H and O–H groups in total. The summed E-state index contributed by atoms with van der Waals surface area (Å²) < 4.78 is 2.34. The Kier molecular flexibility index (Phi) is 2.53. The fourth-order valence-electron chi connectivity index (χ4n) is 3.46. The van der Waals surface area contributed by atoms with E-state index in [9.17, 15) is 0 Å². The minimum absolute atomic E-state index is 1.03. The summed E-state index contributed by atoms with van der Waals surface area (Å²) in [5, 5.41) is 3.73. The summed E-state index contributed by atoms with van der Waals surface area (Å²) in [5.74, 6) is 0. The lowest BCUT2D eigenvalue weighted by Gasteiger charge is -2.09. The van der Waals surface area contributed by atoms with Crippen LogP contribution in [-0.4, -0.2) is 9.55 Å². The zero-order valence-corrected chi connectivity index (χ0v) is 12.5. The first-order valence-electron chi connectivity index (χ1n) is 7.76. The monoisotopic (exact) mass is 294 g/mol. The normalized spacial score (nSPS) is 11.5. The van der Waals surface area contributed by atoms with Gasteiger partial charge in [-0.15, -0.1) is 0 Å². The van der Waals surface area contributed by atoms with Crippen molar-refractivity contribution in [1.29, 1.82) is 0 Å². The van der Waals surface area contributed by atoms with E-state index in [0.717, 1.165) is 5.52 Å². The molecule has 0 spiro atoms. The van der Waals surface area contributed by atoms with E-state index in [2.05, 4.69) is 82.3 Å². The van der Waals surface area contributed by atoms with Crippen molar-refractivity contribution in [1.82, 2.24) is 9.55 Å². The van der Waals surface area contributed by atoms with Crippen LogP contribution in [0.2, 0.25) is 0 Å². The van der Waals surface area contributed by atoms with Gasteiger partial charge in [-0.3, -0.25) is 4.98 Å². The second kappa shape index (κ2) is 4.68. The van der Waals surface area contributed by atoms with Crippen molar-refractivity contribution in [3.8, 4) is 5.69 Å². The molecule has 0 aliphatic carbocycles. The van der Waals surface area contributed by atoms with E-state index in [1.54, 1.807) is 0 Å². The van der Waals surface area contributed by atoms with E-state index in [0.29, 0.717) is 0 Å². The Morgan fingerprint density at radius 1 is 0.609 bits per heavy atom. The molecule has 2 aromatic heterocycles. The second-order valence-corrected chi connectivity index (χ2v) is 5.72. The third kappa shape index (κ3) is 1.72. The summed E-state index contributed by atoms with van der Waals surface area (Å²) in [5.41, 5.74) is 4.66. The molecule has 5 aromatic rings. The minimum atomic E-state index is 1.03. The molecule has 0 saturated carbocycles. The molecule has 0 unspecified atom stereocenters. The molecule has 0 saturated heterocycles. The Morgan fingerprint density at radius 2 is 1.39 bits per heavy atom. The van der Waals surface area contributed by atoms with Crippen LogP contribution in [-0.2, 0) is 0 Å². The fraction of sp³-hybridized carbons (Fsp3) is 0. The van der Waals surface area contributed by atoms with Gasteiger partial charge in [-0.1, -0.05) is 42.5 Å². The van der Waals surface area contributed by atoms with Crippen LogP contribution in [0.25, 0.3) is 38.4 Å². The Hall–Kier alpha value is -3.13. The number of hydrogen-bond acceptors (Lipinski definition) is 1. The summed E-state index contributed by atoms with van der Waals surface area (Å²) in [6, 6.07) is 27.6. The van der Waals surface area contributed by atoms with Crippen LogP contribution in [0.4, 0.5) is 0 Å². The van der Waals surface area contributed by atoms with Gasteiger partial charge in [0.25, 0.3) is 0 Å². The summed E-state index contributed by atoms with van der Waals surface area (Å²) in [6.07, 6.45) is 1.85. The highest BCUT2D eigenvalue weighted by Gasteiger charge is 2.14. The number of hydrogen-bond donors (Lipinski definition) is 0. The Balaban J connectivity index is 2.10. The average Bonchev–Trinajstić information content (AvgIpc) is 2.97. The van der Waals surface area contributed by atoms with E-state index in [1.807, 2.05) is 12.3 Å². The van der Waals surface area contributed by atoms with Gasteiger partial charge < -0.3 is 4.57 Å². The molecular weight excluding hydrogens is 280 g/mol. The maximum Gasteiger partial charge on any atom is 0.0723 e. The molecular formula is C21H14N2. The quantitative estimate of drug-likeness (QED) is 0.408. The highest BCUT2D eigenvalue weighted by molar-refractivity contribution is 6.17. The lowest BCUT2D eigenvalue weighted by Crippen LogP contribution is -1.94. The van der Waals surface area contributed by atoms with Crippen LogP contribution in [0.1, 0.15) is 0 Å². The van der Waals surface area contributed by atoms with Crippen LogP contribution in [0.15, 0.2) is 85.1 Å².